The number of methoxy groups -OCH3 is 1. The molecule has 7 nitrogen and oxygen atoms in total. The molecule has 0 atom stereocenters. The van der Waals surface area contributed by atoms with Gasteiger partial charge in [0.2, 0.25) is 0 Å². The lowest BCUT2D eigenvalue weighted by molar-refractivity contribution is -0.134. The average Bonchev–Trinajstić information content (AvgIpc) is 3.22. The summed E-state index contributed by atoms with van der Waals surface area (Å²) in [7, 11) is 1.64. The van der Waals surface area contributed by atoms with Crippen LogP contribution in [0, 0.1) is 0 Å². The Bertz CT molecular complexity index is 971. The van der Waals surface area contributed by atoms with E-state index in [2.05, 4.69) is 9.88 Å². The highest BCUT2D eigenvalue weighted by Crippen LogP contribution is 2.20. The quantitative estimate of drug-likeness (QED) is 0.675. The second-order valence-corrected chi connectivity index (χ2v) is 6.91. The van der Waals surface area contributed by atoms with Gasteiger partial charge in [-0.25, -0.2) is 4.79 Å². The molecule has 2 heterocycles. The molecule has 1 saturated heterocycles. The molecule has 2 aromatic carbocycles. The summed E-state index contributed by atoms with van der Waals surface area (Å²) in [5.74, 6) is 0.120. The number of piperazine rings is 1. The van der Waals surface area contributed by atoms with Crippen molar-refractivity contribution in [2.75, 3.05) is 44.8 Å². The van der Waals surface area contributed by atoms with Gasteiger partial charge in [-0.1, -0.05) is 18.2 Å². The molecule has 0 radical (unpaired) electrons. The third-order valence-electron chi connectivity index (χ3n) is 5.15. The molecule has 1 aromatic heterocycles. The molecule has 4 rings (SSSR count). The maximum Gasteiger partial charge on any atom is 0.355 e. The number of aromatic nitrogens is 1. The van der Waals surface area contributed by atoms with E-state index in [1.54, 1.807) is 18.1 Å². The van der Waals surface area contributed by atoms with E-state index in [0.29, 0.717) is 18.8 Å². The van der Waals surface area contributed by atoms with Gasteiger partial charge >= 0.3 is 5.97 Å². The molecule has 1 aliphatic heterocycles. The molecular weight excluding hydrogens is 370 g/mol. The van der Waals surface area contributed by atoms with Crippen molar-refractivity contribution in [1.29, 1.82) is 0 Å². The largest absolute Gasteiger partial charge is 0.497 e. The number of nitrogens with zero attached hydrogens (tertiary/aromatic N) is 2. The first-order valence-corrected chi connectivity index (χ1v) is 9.56. The van der Waals surface area contributed by atoms with Crippen LogP contribution in [0.15, 0.2) is 54.6 Å². The summed E-state index contributed by atoms with van der Waals surface area (Å²) in [6.07, 6.45) is 0. The zero-order valence-electron chi connectivity index (χ0n) is 16.3. The second kappa shape index (κ2) is 8.26. The first kappa shape index (κ1) is 18.9. The number of fused-ring (bicyclic) bond motifs is 1. The normalized spacial score (nSPS) is 14.1. The molecule has 1 amide bonds. The van der Waals surface area contributed by atoms with Gasteiger partial charge in [0.05, 0.1) is 7.11 Å². The Balaban J connectivity index is 1.27. The average molecular weight is 393 g/mol. The van der Waals surface area contributed by atoms with Gasteiger partial charge in [0.1, 0.15) is 11.4 Å². The van der Waals surface area contributed by atoms with Crippen LogP contribution < -0.4 is 9.64 Å². The van der Waals surface area contributed by atoms with Crippen molar-refractivity contribution in [2.24, 2.45) is 0 Å². The lowest BCUT2D eigenvalue weighted by Gasteiger charge is -2.36. The maximum absolute atomic E-state index is 12.4. The van der Waals surface area contributed by atoms with Gasteiger partial charge in [0, 0.05) is 42.8 Å². The van der Waals surface area contributed by atoms with E-state index in [1.807, 2.05) is 48.5 Å². The number of H-pyrrole nitrogens is 1. The van der Waals surface area contributed by atoms with Crippen LogP contribution in [-0.2, 0) is 9.53 Å². The number of carbonyl (C=O) groups is 2. The highest BCUT2D eigenvalue weighted by molar-refractivity contribution is 5.95. The summed E-state index contributed by atoms with van der Waals surface area (Å²) in [6.45, 7) is 2.39. The van der Waals surface area contributed by atoms with Gasteiger partial charge in [0.15, 0.2) is 6.61 Å². The van der Waals surface area contributed by atoms with Crippen LogP contribution in [0.5, 0.6) is 5.75 Å². The molecule has 7 heteroatoms. The number of aromatic amines is 1. The fourth-order valence-corrected chi connectivity index (χ4v) is 3.49. The SMILES string of the molecule is COc1ccc(N2CCN(C(=O)COC(=O)c3cc4ccccc4[nH]3)CC2)cc1. The molecule has 1 fully saturated rings. The van der Waals surface area contributed by atoms with Gasteiger partial charge < -0.3 is 24.3 Å². The standard InChI is InChI=1S/C22H23N3O4/c1-28-18-8-6-17(7-9-18)24-10-12-25(13-11-24)21(26)15-29-22(27)20-14-16-4-2-3-5-19(16)23-20/h2-9,14,23H,10-13,15H2,1H3. The number of carbonyl (C=O) groups excluding carboxylic acids is 2. The smallest absolute Gasteiger partial charge is 0.355 e. The summed E-state index contributed by atoms with van der Waals surface area (Å²) >= 11 is 0. The van der Waals surface area contributed by atoms with Crippen LogP contribution >= 0.6 is 0 Å². The van der Waals surface area contributed by atoms with Crippen LogP contribution in [0.1, 0.15) is 10.5 Å². The third kappa shape index (κ3) is 4.18. The van der Waals surface area contributed by atoms with Crippen molar-refractivity contribution < 1.29 is 19.1 Å². The van der Waals surface area contributed by atoms with Gasteiger partial charge in [-0.3, -0.25) is 4.79 Å². The summed E-state index contributed by atoms with van der Waals surface area (Å²) in [5, 5.41) is 0.931. The Morgan fingerprint density at radius 3 is 2.41 bits per heavy atom. The molecule has 29 heavy (non-hydrogen) atoms. The van der Waals surface area contributed by atoms with Gasteiger partial charge in [-0.2, -0.15) is 0 Å². The highest BCUT2D eigenvalue weighted by Gasteiger charge is 2.22. The van der Waals surface area contributed by atoms with Crippen molar-refractivity contribution in [2.45, 2.75) is 0 Å². The van der Waals surface area contributed by atoms with E-state index < -0.39 is 5.97 Å². The molecule has 1 aliphatic rings. The van der Waals surface area contributed by atoms with Crippen LogP contribution in [0.25, 0.3) is 10.9 Å². The molecule has 1 N–H and O–H groups in total. The number of para-hydroxylation sites is 1. The predicted octanol–water partition coefficient (Wildman–Crippen LogP) is 2.68. The predicted molar refractivity (Wildman–Crippen MR) is 110 cm³/mol. The van der Waals surface area contributed by atoms with Gasteiger partial charge in [0.25, 0.3) is 5.91 Å². The lowest BCUT2D eigenvalue weighted by Crippen LogP contribution is -2.49. The molecule has 150 valence electrons. The van der Waals surface area contributed by atoms with Gasteiger partial charge in [-0.15, -0.1) is 0 Å². The van der Waals surface area contributed by atoms with E-state index in [9.17, 15) is 9.59 Å². The van der Waals surface area contributed by atoms with Crippen molar-refractivity contribution in [3.8, 4) is 5.75 Å². The molecule has 0 spiro atoms. The minimum atomic E-state index is -0.522. The Kier molecular flexibility index (Phi) is 5.37. The van der Waals surface area contributed by atoms with Gasteiger partial charge in [-0.05, 0) is 36.4 Å². The van der Waals surface area contributed by atoms with E-state index in [4.69, 9.17) is 9.47 Å². The first-order valence-electron chi connectivity index (χ1n) is 9.56. The fourth-order valence-electron chi connectivity index (χ4n) is 3.49. The highest BCUT2D eigenvalue weighted by atomic mass is 16.5. The number of benzene rings is 2. The lowest BCUT2D eigenvalue weighted by atomic mass is 10.2. The number of amides is 1. The molecular formula is C22H23N3O4. The van der Waals surface area contributed by atoms with Crippen LogP contribution in [0.3, 0.4) is 0 Å². The molecule has 0 aliphatic carbocycles. The topological polar surface area (TPSA) is 74.9 Å². The molecule has 3 aromatic rings. The van der Waals surface area contributed by atoms with Crippen molar-refractivity contribution in [3.05, 3.63) is 60.3 Å². The minimum Gasteiger partial charge on any atom is -0.497 e. The van der Waals surface area contributed by atoms with Crippen LogP contribution in [0.2, 0.25) is 0 Å². The Hall–Kier alpha value is -3.48. The third-order valence-corrected chi connectivity index (χ3v) is 5.15. The number of hydrogen-bond donors (Lipinski definition) is 1. The van der Waals surface area contributed by atoms with Crippen molar-refractivity contribution in [1.82, 2.24) is 9.88 Å². The number of esters is 1. The number of hydrogen-bond acceptors (Lipinski definition) is 5. The van der Waals surface area contributed by atoms with Crippen LogP contribution in [-0.4, -0.2) is 61.7 Å². The van der Waals surface area contributed by atoms with E-state index in [-0.39, 0.29) is 12.5 Å². The second-order valence-electron chi connectivity index (χ2n) is 6.91. The first-order chi connectivity index (χ1) is 14.1. The molecule has 0 bridgehead atoms. The fraction of sp³-hybridized carbons (Fsp3) is 0.273. The summed E-state index contributed by atoms with van der Waals surface area (Å²) in [4.78, 5) is 31.7. The van der Waals surface area contributed by atoms with E-state index in [1.165, 1.54) is 0 Å². The van der Waals surface area contributed by atoms with E-state index in [0.717, 1.165) is 35.4 Å². The molecule has 0 saturated carbocycles. The number of nitrogens with one attached hydrogen (secondary N) is 1. The molecule has 0 unspecified atom stereocenters. The number of anilines is 1. The zero-order valence-corrected chi connectivity index (χ0v) is 16.3. The number of rotatable bonds is 5. The summed E-state index contributed by atoms with van der Waals surface area (Å²) in [5.41, 5.74) is 2.31. The Labute approximate surface area is 168 Å². The summed E-state index contributed by atoms with van der Waals surface area (Å²) < 4.78 is 10.4. The van der Waals surface area contributed by atoms with E-state index >= 15 is 0 Å². The van der Waals surface area contributed by atoms with Crippen LogP contribution in [0.4, 0.5) is 5.69 Å². The Morgan fingerprint density at radius 2 is 1.72 bits per heavy atom. The summed E-state index contributed by atoms with van der Waals surface area (Å²) in [6, 6.07) is 17.2. The van der Waals surface area contributed by atoms with Crippen molar-refractivity contribution in [3.63, 3.8) is 0 Å². The number of ether oxygens (including phenoxy) is 2. The zero-order chi connectivity index (χ0) is 20.2. The maximum atomic E-state index is 12.4. The Morgan fingerprint density at radius 1 is 1.00 bits per heavy atom. The minimum absolute atomic E-state index is 0.177. The monoisotopic (exact) mass is 393 g/mol. The van der Waals surface area contributed by atoms with Crippen molar-refractivity contribution >= 4 is 28.5 Å².